The molecule has 1 atom stereocenters. The molecule has 0 nitrogen and oxygen atoms in total. The third-order valence-electron chi connectivity index (χ3n) is 3.50. The molecule has 1 aromatic heterocycles. The highest BCUT2D eigenvalue weighted by Crippen LogP contribution is 2.38. The van der Waals surface area contributed by atoms with E-state index in [4.69, 9.17) is 11.6 Å². The molecule has 4 heteroatoms. The van der Waals surface area contributed by atoms with Gasteiger partial charge in [0.05, 0.1) is 5.38 Å². The molecule has 0 saturated heterocycles. The number of hydrogen-bond donors (Lipinski definition) is 0. The number of aryl methyl sites for hydroxylation is 2. The Bertz CT molecular complexity index is 583. The van der Waals surface area contributed by atoms with Crippen LogP contribution in [0, 0.1) is 11.6 Å². The van der Waals surface area contributed by atoms with Crippen molar-refractivity contribution in [1.82, 2.24) is 0 Å². The summed E-state index contributed by atoms with van der Waals surface area (Å²) in [5.41, 5.74) is 1.98. The minimum absolute atomic E-state index is 0.397. The van der Waals surface area contributed by atoms with Crippen LogP contribution in [0.2, 0.25) is 0 Å². The zero-order valence-electron chi connectivity index (χ0n) is 10.3. The van der Waals surface area contributed by atoms with Gasteiger partial charge in [0.2, 0.25) is 0 Å². The van der Waals surface area contributed by atoms with Crippen LogP contribution < -0.4 is 0 Å². The molecule has 3 rings (SSSR count). The molecule has 0 N–H and O–H groups in total. The fourth-order valence-corrected chi connectivity index (χ4v) is 4.07. The Balaban J connectivity index is 1.92. The summed E-state index contributed by atoms with van der Waals surface area (Å²) in [5, 5.41) is -0.397. The van der Waals surface area contributed by atoms with Crippen molar-refractivity contribution >= 4 is 22.9 Å². The van der Waals surface area contributed by atoms with Crippen LogP contribution in [0.5, 0.6) is 0 Å². The maximum atomic E-state index is 13.3. The minimum atomic E-state index is -0.843. The molecule has 0 aliphatic heterocycles. The summed E-state index contributed by atoms with van der Waals surface area (Å²) >= 11 is 8.10. The van der Waals surface area contributed by atoms with Crippen LogP contribution in [-0.2, 0) is 12.8 Å². The SMILES string of the molecule is Fc1ccc(C(Cl)c2cc3c(s2)CCCC3)cc1F. The smallest absolute Gasteiger partial charge is 0.159 e. The fourth-order valence-electron chi connectivity index (χ4n) is 2.47. The number of rotatable bonds is 2. The van der Waals surface area contributed by atoms with E-state index in [1.165, 1.54) is 29.3 Å². The summed E-state index contributed by atoms with van der Waals surface area (Å²) in [6, 6.07) is 5.99. The van der Waals surface area contributed by atoms with Gasteiger partial charge in [-0.25, -0.2) is 8.78 Å². The molecule has 100 valence electrons. The van der Waals surface area contributed by atoms with E-state index < -0.39 is 17.0 Å². The van der Waals surface area contributed by atoms with Crippen molar-refractivity contribution in [2.45, 2.75) is 31.1 Å². The first-order chi connectivity index (χ1) is 9.15. The van der Waals surface area contributed by atoms with Crippen molar-refractivity contribution in [2.75, 3.05) is 0 Å². The first-order valence-corrected chi connectivity index (χ1v) is 7.61. The van der Waals surface area contributed by atoms with Crippen LogP contribution in [0.15, 0.2) is 24.3 Å². The summed E-state index contributed by atoms with van der Waals surface area (Å²) in [6.45, 7) is 0. The van der Waals surface area contributed by atoms with Gasteiger partial charge in [-0.05, 0) is 55.0 Å². The lowest BCUT2D eigenvalue weighted by Crippen LogP contribution is -1.96. The highest BCUT2D eigenvalue weighted by atomic mass is 35.5. The van der Waals surface area contributed by atoms with Gasteiger partial charge in [-0.1, -0.05) is 6.07 Å². The number of halogens is 3. The van der Waals surface area contributed by atoms with Crippen LogP contribution in [0.3, 0.4) is 0 Å². The van der Waals surface area contributed by atoms with E-state index in [1.807, 2.05) is 0 Å². The summed E-state index contributed by atoms with van der Waals surface area (Å²) in [6.07, 6.45) is 4.67. The lowest BCUT2D eigenvalue weighted by Gasteiger charge is -2.08. The number of alkyl halides is 1. The fraction of sp³-hybridized carbons (Fsp3) is 0.333. The maximum absolute atomic E-state index is 13.3. The van der Waals surface area contributed by atoms with Crippen molar-refractivity contribution in [3.63, 3.8) is 0 Å². The van der Waals surface area contributed by atoms with E-state index in [2.05, 4.69) is 6.07 Å². The molecule has 0 radical (unpaired) electrons. The van der Waals surface area contributed by atoms with Gasteiger partial charge in [-0.3, -0.25) is 0 Å². The lowest BCUT2D eigenvalue weighted by atomic mass is 9.98. The monoisotopic (exact) mass is 298 g/mol. The Morgan fingerprint density at radius 3 is 2.58 bits per heavy atom. The van der Waals surface area contributed by atoms with E-state index in [-0.39, 0.29) is 0 Å². The summed E-state index contributed by atoms with van der Waals surface area (Å²) in [5.74, 6) is -1.68. The van der Waals surface area contributed by atoms with Gasteiger partial charge in [0, 0.05) is 9.75 Å². The van der Waals surface area contributed by atoms with E-state index in [0.29, 0.717) is 5.56 Å². The maximum Gasteiger partial charge on any atom is 0.159 e. The first kappa shape index (κ1) is 13.1. The van der Waals surface area contributed by atoms with E-state index >= 15 is 0 Å². The average molecular weight is 299 g/mol. The second-order valence-corrected chi connectivity index (χ2v) is 6.45. The van der Waals surface area contributed by atoms with E-state index in [9.17, 15) is 8.78 Å². The Kier molecular flexibility index (Phi) is 3.59. The van der Waals surface area contributed by atoms with Crippen LogP contribution in [-0.4, -0.2) is 0 Å². The van der Waals surface area contributed by atoms with Crippen molar-refractivity contribution < 1.29 is 8.78 Å². The van der Waals surface area contributed by atoms with Crippen LogP contribution in [0.25, 0.3) is 0 Å². The first-order valence-electron chi connectivity index (χ1n) is 6.35. The van der Waals surface area contributed by atoms with Gasteiger partial charge in [-0.2, -0.15) is 0 Å². The molecular weight excluding hydrogens is 286 g/mol. The second-order valence-electron chi connectivity index (χ2n) is 4.84. The van der Waals surface area contributed by atoms with Crippen LogP contribution in [0.1, 0.15) is 39.1 Å². The highest BCUT2D eigenvalue weighted by molar-refractivity contribution is 7.12. The molecule has 0 saturated carbocycles. The molecule has 0 fully saturated rings. The Hall–Kier alpha value is -0.930. The zero-order chi connectivity index (χ0) is 13.4. The molecule has 1 aliphatic carbocycles. The number of hydrogen-bond acceptors (Lipinski definition) is 1. The van der Waals surface area contributed by atoms with Crippen molar-refractivity contribution in [3.8, 4) is 0 Å². The van der Waals surface area contributed by atoms with Gasteiger partial charge in [-0.15, -0.1) is 22.9 Å². The molecule has 1 heterocycles. The summed E-state index contributed by atoms with van der Waals surface area (Å²) in [7, 11) is 0. The van der Waals surface area contributed by atoms with Crippen molar-refractivity contribution in [2.24, 2.45) is 0 Å². The van der Waals surface area contributed by atoms with Crippen molar-refractivity contribution in [1.29, 1.82) is 0 Å². The standard InChI is InChI=1S/C15H13ClF2S/c16-15(10-5-6-11(17)12(18)7-10)14-8-9-3-1-2-4-13(9)19-14/h5-8,15H,1-4H2. The topological polar surface area (TPSA) is 0 Å². The molecule has 19 heavy (non-hydrogen) atoms. The zero-order valence-corrected chi connectivity index (χ0v) is 11.8. The Morgan fingerprint density at radius 2 is 1.84 bits per heavy atom. The van der Waals surface area contributed by atoms with Crippen molar-refractivity contribution in [3.05, 3.63) is 56.8 Å². The van der Waals surface area contributed by atoms with Crippen LogP contribution >= 0.6 is 22.9 Å². The lowest BCUT2D eigenvalue weighted by molar-refractivity contribution is 0.507. The summed E-state index contributed by atoms with van der Waals surface area (Å²) < 4.78 is 26.2. The van der Waals surface area contributed by atoms with Gasteiger partial charge in [0.1, 0.15) is 0 Å². The molecular formula is C15H13ClF2S. The van der Waals surface area contributed by atoms with Gasteiger partial charge in [0.25, 0.3) is 0 Å². The third-order valence-corrected chi connectivity index (χ3v) is 5.42. The number of benzene rings is 1. The quantitative estimate of drug-likeness (QED) is 0.666. The third kappa shape index (κ3) is 2.54. The Morgan fingerprint density at radius 1 is 1.05 bits per heavy atom. The highest BCUT2D eigenvalue weighted by Gasteiger charge is 2.19. The van der Waals surface area contributed by atoms with Gasteiger partial charge < -0.3 is 0 Å². The van der Waals surface area contributed by atoms with Gasteiger partial charge >= 0.3 is 0 Å². The second kappa shape index (κ2) is 5.22. The number of thiophene rings is 1. The molecule has 2 aromatic rings. The molecule has 0 amide bonds. The van der Waals surface area contributed by atoms with E-state index in [0.717, 1.165) is 23.8 Å². The van der Waals surface area contributed by atoms with Gasteiger partial charge in [0.15, 0.2) is 11.6 Å². The van der Waals surface area contributed by atoms with E-state index in [1.54, 1.807) is 17.4 Å². The minimum Gasteiger partial charge on any atom is -0.204 e. The normalized spacial score (nSPS) is 16.2. The molecule has 0 spiro atoms. The number of fused-ring (bicyclic) bond motifs is 1. The Labute approximate surface area is 120 Å². The average Bonchev–Trinajstić information content (AvgIpc) is 2.85. The molecule has 1 unspecified atom stereocenters. The molecule has 1 aliphatic rings. The molecule has 0 bridgehead atoms. The predicted molar refractivity (Wildman–Crippen MR) is 75.0 cm³/mol. The molecule has 1 aromatic carbocycles. The largest absolute Gasteiger partial charge is 0.204 e. The predicted octanol–water partition coefficient (Wildman–Crippen LogP) is 5.23. The summed E-state index contributed by atoms with van der Waals surface area (Å²) in [4.78, 5) is 2.43. The van der Waals surface area contributed by atoms with Crippen LogP contribution in [0.4, 0.5) is 8.78 Å².